The second-order valence-electron chi connectivity index (χ2n) is 5.69. The second-order valence-corrected chi connectivity index (χ2v) is 5.69. The Hall–Kier alpha value is -1.02. The summed E-state index contributed by atoms with van der Waals surface area (Å²) >= 11 is 0. The summed E-state index contributed by atoms with van der Waals surface area (Å²) in [5.41, 5.74) is 4.48. The van der Waals surface area contributed by atoms with Crippen LogP contribution in [0.5, 0.6) is 0 Å². The largest absolute Gasteiger partial charge is 0.382 e. The highest BCUT2D eigenvalue weighted by atomic mass is 15.1. The monoisotopic (exact) mass is 244 g/mol. The van der Waals surface area contributed by atoms with Gasteiger partial charge in [0.1, 0.15) is 0 Å². The summed E-state index contributed by atoms with van der Waals surface area (Å²) in [4.78, 5) is 2.54. The highest BCUT2D eigenvalue weighted by Crippen LogP contribution is 2.26. The maximum Gasteiger partial charge on any atom is 0.0345 e. The van der Waals surface area contributed by atoms with Gasteiger partial charge in [0.25, 0.3) is 0 Å². The number of anilines is 1. The highest BCUT2D eigenvalue weighted by molar-refractivity contribution is 5.50. The van der Waals surface area contributed by atoms with Crippen molar-refractivity contribution in [2.45, 2.75) is 45.1 Å². The first kappa shape index (κ1) is 12.0. The number of hydrogen-bond donors (Lipinski definition) is 1. The van der Waals surface area contributed by atoms with Crippen molar-refractivity contribution in [1.82, 2.24) is 4.90 Å². The molecular weight excluding hydrogens is 220 g/mol. The molecule has 0 aromatic heterocycles. The number of hydrogen-bond acceptors (Lipinski definition) is 2. The molecule has 0 radical (unpaired) electrons. The topological polar surface area (TPSA) is 15.3 Å². The Balaban J connectivity index is 1.60. The normalized spacial score (nSPS) is 20.9. The van der Waals surface area contributed by atoms with Crippen LogP contribution in [0.1, 0.15) is 37.3 Å². The maximum absolute atomic E-state index is 3.73. The van der Waals surface area contributed by atoms with E-state index in [0.717, 1.165) is 0 Å². The predicted octanol–water partition coefficient (Wildman–Crippen LogP) is 3.07. The van der Waals surface area contributed by atoms with Crippen molar-refractivity contribution in [3.63, 3.8) is 0 Å². The molecule has 0 bridgehead atoms. The molecule has 1 aliphatic carbocycles. The van der Waals surface area contributed by atoms with E-state index in [4.69, 9.17) is 0 Å². The molecule has 2 nitrogen and oxygen atoms in total. The molecule has 1 aliphatic heterocycles. The van der Waals surface area contributed by atoms with Gasteiger partial charge < -0.3 is 10.2 Å². The third-order valence-corrected chi connectivity index (χ3v) is 4.50. The minimum absolute atomic E-state index is 0.673. The van der Waals surface area contributed by atoms with Crippen LogP contribution in [0.15, 0.2) is 18.2 Å². The van der Waals surface area contributed by atoms with Crippen molar-refractivity contribution in [2.75, 3.05) is 25.0 Å². The Morgan fingerprint density at radius 3 is 2.72 bits per heavy atom. The predicted molar refractivity (Wildman–Crippen MR) is 77.2 cm³/mol. The minimum atomic E-state index is 0.673. The van der Waals surface area contributed by atoms with Crippen molar-refractivity contribution in [3.05, 3.63) is 29.3 Å². The van der Waals surface area contributed by atoms with Crippen molar-refractivity contribution in [1.29, 1.82) is 0 Å². The Kier molecular flexibility index (Phi) is 3.55. The lowest BCUT2D eigenvalue weighted by atomic mass is 10.0. The number of nitrogens with one attached hydrogen (secondary N) is 1. The fourth-order valence-electron chi connectivity index (χ4n) is 3.29. The molecule has 0 amide bonds. The van der Waals surface area contributed by atoms with Gasteiger partial charge in [-0.25, -0.2) is 0 Å². The average Bonchev–Trinajstić information content (AvgIpc) is 2.87. The van der Waals surface area contributed by atoms with Gasteiger partial charge in [-0.3, -0.25) is 0 Å². The van der Waals surface area contributed by atoms with Crippen LogP contribution in [0.3, 0.4) is 0 Å². The summed E-state index contributed by atoms with van der Waals surface area (Å²) in [7, 11) is 0. The molecular formula is C16H24N2. The van der Waals surface area contributed by atoms with Crippen LogP contribution >= 0.6 is 0 Å². The lowest BCUT2D eigenvalue weighted by Crippen LogP contribution is -2.38. The number of likely N-dealkylation sites (tertiary alicyclic amines) is 1. The number of rotatable bonds is 3. The summed E-state index contributed by atoms with van der Waals surface area (Å²) in [6.45, 7) is 5.96. The molecule has 2 aliphatic rings. The van der Waals surface area contributed by atoms with Gasteiger partial charge in [-0.15, -0.1) is 0 Å². The number of piperidine rings is 1. The molecule has 1 heterocycles. The van der Waals surface area contributed by atoms with Crippen LogP contribution in [0, 0.1) is 0 Å². The molecule has 1 saturated heterocycles. The Morgan fingerprint density at radius 1 is 1.17 bits per heavy atom. The number of benzene rings is 1. The molecule has 1 N–H and O–H groups in total. The minimum Gasteiger partial charge on any atom is -0.382 e. The zero-order chi connectivity index (χ0) is 12.4. The van der Waals surface area contributed by atoms with Gasteiger partial charge in [0, 0.05) is 24.8 Å². The maximum atomic E-state index is 3.73. The smallest absolute Gasteiger partial charge is 0.0345 e. The fourth-order valence-corrected chi connectivity index (χ4v) is 3.29. The molecule has 3 rings (SSSR count). The van der Waals surface area contributed by atoms with Crippen LogP contribution in [0.4, 0.5) is 5.69 Å². The Bertz CT molecular complexity index is 406. The molecule has 1 aromatic carbocycles. The Morgan fingerprint density at radius 2 is 1.94 bits per heavy atom. The molecule has 0 atom stereocenters. The number of nitrogens with zero attached hydrogens (tertiary/aromatic N) is 1. The van der Waals surface area contributed by atoms with Gasteiger partial charge in [-0.1, -0.05) is 13.0 Å². The van der Waals surface area contributed by atoms with Crippen LogP contribution in [0.25, 0.3) is 0 Å². The summed E-state index contributed by atoms with van der Waals surface area (Å²) < 4.78 is 0. The van der Waals surface area contributed by atoms with E-state index in [2.05, 4.69) is 35.3 Å². The van der Waals surface area contributed by atoms with E-state index in [1.54, 1.807) is 11.1 Å². The SMILES string of the molecule is CCN1CCC(Nc2ccc3c(c2)CCC3)CC1. The lowest BCUT2D eigenvalue weighted by Gasteiger charge is -2.32. The summed E-state index contributed by atoms with van der Waals surface area (Å²) in [6, 6.07) is 7.66. The standard InChI is InChI=1S/C16H24N2/c1-2-18-10-8-15(9-11-18)17-16-7-6-13-4-3-5-14(13)12-16/h6-7,12,15,17H,2-5,8-11H2,1H3. The zero-order valence-corrected chi connectivity index (χ0v) is 11.4. The molecule has 0 spiro atoms. The fraction of sp³-hybridized carbons (Fsp3) is 0.625. The van der Waals surface area contributed by atoms with E-state index in [0.29, 0.717) is 6.04 Å². The second kappa shape index (κ2) is 5.31. The van der Waals surface area contributed by atoms with E-state index in [9.17, 15) is 0 Å². The van der Waals surface area contributed by atoms with Crippen LogP contribution in [0.2, 0.25) is 0 Å². The third kappa shape index (κ3) is 2.54. The van der Waals surface area contributed by atoms with Gasteiger partial charge in [0.15, 0.2) is 0 Å². The summed E-state index contributed by atoms with van der Waals surface area (Å²) in [6.07, 6.45) is 6.47. The first-order valence-electron chi connectivity index (χ1n) is 7.46. The molecule has 18 heavy (non-hydrogen) atoms. The van der Waals surface area contributed by atoms with Gasteiger partial charge in [-0.05, 0) is 61.9 Å². The molecule has 0 unspecified atom stereocenters. The van der Waals surface area contributed by atoms with Gasteiger partial charge in [0.2, 0.25) is 0 Å². The summed E-state index contributed by atoms with van der Waals surface area (Å²) in [5, 5.41) is 3.73. The third-order valence-electron chi connectivity index (χ3n) is 4.50. The first-order chi connectivity index (χ1) is 8.85. The molecule has 2 heteroatoms. The zero-order valence-electron chi connectivity index (χ0n) is 11.4. The van der Waals surface area contributed by atoms with Crippen molar-refractivity contribution in [3.8, 4) is 0 Å². The molecule has 98 valence electrons. The van der Waals surface area contributed by atoms with Gasteiger partial charge >= 0.3 is 0 Å². The van der Waals surface area contributed by atoms with Crippen molar-refractivity contribution >= 4 is 5.69 Å². The van der Waals surface area contributed by atoms with Gasteiger partial charge in [0.05, 0.1) is 0 Å². The Labute approximate surface area is 110 Å². The van der Waals surface area contributed by atoms with E-state index in [1.807, 2.05) is 0 Å². The van der Waals surface area contributed by atoms with E-state index >= 15 is 0 Å². The average molecular weight is 244 g/mol. The highest BCUT2D eigenvalue weighted by Gasteiger charge is 2.18. The number of aryl methyl sites for hydroxylation is 2. The lowest BCUT2D eigenvalue weighted by molar-refractivity contribution is 0.229. The van der Waals surface area contributed by atoms with Crippen LogP contribution in [-0.4, -0.2) is 30.6 Å². The van der Waals surface area contributed by atoms with Gasteiger partial charge in [-0.2, -0.15) is 0 Å². The van der Waals surface area contributed by atoms with E-state index in [-0.39, 0.29) is 0 Å². The van der Waals surface area contributed by atoms with Crippen LogP contribution in [-0.2, 0) is 12.8 Å². The molecule has 1 fully saturated rings. The first-order valence-corrected chi connectivity index (χ1v) is 7.46. The van der Waals surface area contributed by atoms with E-state index < -0.39 is 0 Å². The quantitative estimate of drug-likeness (QED) is 0.879. The van der Waals surface area contributed by atoms with Crippen LogP contribution < -0.4 is 5.32 Å². The summed E-state index contributed by atoms with van der Waals surface area (Å²) in [5.74, 6) is 0. The van der Waals surface area contributed by atoms with Crippen molar-refractivity contribution in [2.24, 2.45) is 0 Å². The number of fused-ring (bicyclic) bond motifs is 1. The molecule has 1 aromatic rings. The van der Waals surface area contributed by atoms with Crippen molar-refractivity contribution < 1.29 is 0 Å². The van der Waals surface area contributed by atoms with E-state index in [1.165, 1.54) is 57.4 Å². The molecule has 0 saturated carbocycles.